The molecule has 0 saturated carbocycles. The first-order valence-corrected chi connectivity index (χ1v) is 7.83. The summed E-state index contributed by atoms with van der Waals surface area (Å²) in [5.41, 5.74) is 1.50. The molecule has 1 N–H and O–H groups in total. The van der Waals surface area contributed by atoms with Gasteiger partial charge in [-0.1, -0.05) is 6.07 Å². The van der Waals surface area contributed by atoms with Crippen molar-refractivity contribution in [3.63, 3.8) is 0 Å². The lowest BCUT2D eigenvalue weighted by atomic mass is 10.1. The van der Waals surface area contributed by atoms with Gasteiger partial charge in [-0.3, -0.25) is 9.59 Å². The first-order chi connectivity index (χ1) is 11.0. The minimum absolute atomic E-state index is 0.0633. The third-order valence-electron chi connectivity index (χ3n) is 3.45. The molecule has 1 aromatic heterocycles. The number of carbonyl (C=O) groups is 2. The Kier molecular flexibility index (Phi) is 5.57. The SMILES string of the molecule is CCN(CC(=O)NC(C)C)C(=O)c1cccc(-n2cccc2)c1. The van der Waals surface area contributed by atoms with E-state index in [9.17, 15) is 9.59 Å². The molecule has 0 radical (unpaired) electrons. The van der Waals surface area contributed by atoms with E-state index in [4.69, 9.17) is 0 Å². The van der Waals surface area contributed by atoms with Gasteiger partial charge in [-0.2, -0.15) is 0 Å². The highest BCUT2D eigenvalue weighted by atomic mass is 16.2. The van der Waals surface area contributed by atoms with Crippen LogP contribution in [0.25, 0.3) is 5.69 Å². The van der Waals surface area contributed by atoms with E-state index in [1.54, 1.807) is 11.0 Å². The van der Waals surface area contributed by atoms with Gasteiger partial charge < -0.3 is 14.8 Å². The third-order valence-corrected chi connectivity index (χ3v) is 3.45. The number of rotatable bonds is 6. The summed E-state index contributed by atoms with van der Waals surface area (Å²) in [6, 6.07) is 11.3. The Hall–Kier alpha value is -2.56. The summed E-state index contributed by atoms with van der Waals surface area (Å²) in [6.45, 7) is 6.23. The van der Waals surface area contributed by atoms with Crippen molar-refractivity contribution in [2.45, 2.75) is 26.8 Å². The molecule has 5 heteroatoms. The monoisotopic (exact) mass is 313 g/mol. The summed E-state index contributed by atoms with van der Waals surface area (Å²) in [4.78, 5) is 26.1. The average molecular weight is 313 g/mol. The van der Waals surface area contributed by atoms with Crippen LogP contribution >= 0.6 is 0 Å². The van der Waals surface area contributed by atoms with E-state index in [0.717, 1.165) is 5.69 Å². The van der Waals surface area contributed by atoms with Crippen molar-refractivity contribution >= 4 is 11.8 Å². The molecule has 2 rings (SSSR count). The Bertz CT molecular complexity index is 663. The number of hydrogen-bond donors (Lipinski definition) is 1. The summed E-state index contributed by atoms with van der Waals surface area (Å²) in [5.74, 6) is -0.280. The van der Waals surface area contributed by atoms with E-state index in [0.29, 0.717) is 12.1 Å². The second-order valence-corrected chi connectivity index (χ2v) is 5.68. The molecule has 1 aromatic carbocycles. The Morgan fingerprint density at radius 3 is 2.48 bits per heavy atom. The normalized spacial score (nSPS) is 10.6. The topological polar surface area (TPSA) is 54.3 Å². The lowest BCUT2D eigenvalue weighted by molar-refractivity contribution is -0.122. The van der Waals surface area contributed by atoms with Crippen LogP contribution in [0, 0.1) is 0 Å². The molecule has 0 saturated heterocycles. The van der Waals surface area contributed by atoms with E-state index in [1.165, 1.54) is 0 Å². The van der Waals surface area contributed by atoms with Crippen molar-refractivity contribution in [3.8, 4) is 5.69 Å². The second-order valence-electron chi connectivity index (χ2n) is 5.68. The van der Waals surface area contributed by atoms with Gasteiger partial charge in [0.2, 0.25) is 5.91 Å². The van der Waals surface area contributed by atoms with E-state index in [2.05, 4.69) is 5.32 Å². The van der Waals surface area contributed by atoms with Crippen LogP contribution in [0.1, 0.15) is 31.1 Å². The van der Waals surface area contributed by atoms with Gasteiger partial charge in [-0.25, -0.2) is 0 Å². The van der Waals surface area contributed by atoms with Gasteiger partial charge in [0.25, 0.3) is 5.91 Å². The quantitative estimate of drug-likeness (QED) is 0.890. The second kappa shape index (κ2) is 7.63. The summed E-state index contributed by atoms with van der Waals surface area (Å²) in [6.07, 6.45) is 3.86. The van der Waals surface area contributed by atoms with Gasteiger partial charge in [-0.05, 0) is 51.1 Å². The average Bonchev–Trinajstić information content (AvgIpc) is 3.06. The number of nitrogens with zero attached hydrogens (tertiary/aromatic N) is 2. The highest BCUT2D eigenvalue weighted by Gasteiger charge is 2.18. The lowest BCUT2D eigenvalue weighted by Crippen LogP contribution is -2.42. The molecule has 0 aliphatic carbocycles. The van der Waals surface area contributed by atoms with Gasteiger partial charge in [0.1, 0.15) is 0 Å². The zero-order valence-electron chi connectivity index (χ0n) is 13.8. The summed E-state index contributed by atoms with van der Waals surface area (Å²) in [5, 5.41) is 2.81. The summed E-state index contributed by atoms with van der Waals surface area (Å²) < 4.78 is 1.94. The molecule has 0 fully saturated rings. The van der Waals surface area contributed by atoms with Crippen LogP contribution < -0.4 is 5.32 Å². The maximum absolute atomic E-state index is 12.7. The minimum Gasteiger partial charge on any atom is -0.352 e. The zero-order chi connectivity index (χ0) is 16.8. The molecular weight excluding hydrogens is 290 g/mol. The van der Waals surface area contributed by atoms with Crippen molar-refractivity contribution in [2.75, 3.05) is 13.1 Å². The van der Waals surface area contributed by atoms with Crippen LogP contribution in [0.3, 0.4) is 0 Å². The van der Waals surface area contributed by atoms with E-state index < -0.39 is 0 Å². The molecule has 0 bridgehead atoms. The van der Waals surface area contributed by atoms with E-state index >= 15 is 0 Å². The van der Waals surface area contributed by atoms with Crippen molar-refractivity contribution < 1.29 is 9.59 Å². The van der Waals surface area contributed by atoms with Crippen LogP contribution in [-0.4, -0.2) is 40.4 Å². The summed E-state index contributed by atoms with van der Waals surface area (Å²) in [7, 11) is 0. The maximum atomic E-state index is 12.7. The van der Waals surface area contributed by atoms with Crippen LogP contribution in [0.4, 0.5) is 0 Å². The molecule has 122 valence electrons. The molecule has 2 amide bonds. The fourth-order valence-electron chi connectivity index (χ4n) is 2.36. The van der Waals surface area contributed by atoms with Crippen LogP contribution in [0.5, 0.6) is 0 Å². The van der Waals surface area contributed by atoms with Gasteiger partial charge in [0.05, 0.1) is 6.54 Å². The first kappa shape index (κ1) is 16.8. The lowest BCUT2D eigenvalue weighted by Gasteiger charge is -2.21. The Labute approximate surface area is 136 Å². The van der Waals surface area contributed by atoms with Crippen LogP contribution in [0.2, 0.25) is 0 Å². The van der Waals surface area contributed by atoms with Crippen molar-refractivity contribution in [1.29, 1.82) is 0 Å². The highest BCUT2D eigenvalue weighted by Crippen LogP contribution is 2.13. The van der Waals surface area contributed by atoms with Gasteiger partial charge in [0.15, 0.2) is 0 Å². The highest BCUT2D eigenvalue weighted by molar-refractivity contribution is 5.97. The molecule has 0 atom stereocenters. The molecule has 5 nitrogen and oxygen atoms in total. The largest absolute Gasteiger partial charge is 0.352 e. The van der Waals surface area contributed by atoms with Gasteiger partial charge in [0, 0.05) is 36.2 Å². The molecule has 0 aliphatic rings. The molecule has 2 aromatic rings. The van der Waals surface area contributed by atoms with Gasteiger partial charge >= 0.3 is 0 Å². The molecule has 0 spiro atoms. The fraction of sp³-hybridized carbons (Fsp3) is 0.333. The standard InChI is InChI=1S/C18H23N3O2/c1-4-20(13-17(22)19-14(2)3)18(23)15-8-7-9-16(12-15)21-10-5-6-11-21/h5-12,14H,4,13H2,1-3H3,(H,19,22). The Morgan fingerprint density at radius 1 is 1.17 bits per heavy atom. The number of benzene rings is 1. The van der Waals surface area contributed by atoms with E-state index in [1.807, 2.05) is 68.1 Å². The van der Waals surface area contributed by atoms with Crippen molar-refractivity contribution in [3.05, 3.63) is 54.4 Å². The summed E-state index contributed by atoms with van der Waals surface area (Å²) >= 11 is 0. The Balaban J connectivity index is 2.14. The number of hydrogen-bond acceptors (Lipinski definition) is 2. The number of carbonyl (C=O) groups excluding carboxylic acids is 2. The molecule has 0 unspecified atom stereocenters. The molecular formula is C18H23N3O2. The minimum atomic E-state index is -0.142. The molecule has 1 heterocycles. The van der Waals surface area contributed by atoms with Gasteiger partial charge in [-0.15, -0.1) is 0 Å². The number of nitrogens with one attached hydrogen (secondary N) is 1. The van der Waals surface area contributed by atoms with E-state index in [-0.39, 0.29) is 24.4 Å². The molecule has 0 aliphatic heterocycles. The van der Waals surface area contributed by atoms with Crippen molar-refractivity contribution in [2.24, 2.45) is 0 Å². The third kappa shape index (κ3) is 4.45. The number of amides is 2. The fourth-order valence-corrected chi connectivity index (χ4v) is 2.36. The van der Waals surface area contributed by atoms with Crippen LogP contribution in [-0.2, 0) is 4.79 Å². The zero-order valence-corrected chi connectivity index (χ0v) is 13.8. The smallest absolute Gasteiger partial charge is 0.254 e. The van der Waals surface area contributed by atoms with Crippen molar-refractivity contribution in [1.82, 2.24) is 14.8 Å². The predicted octanol–water partition coefficient (Wildman–Crippen LogP) is 2.46. The Morgan fingerprint density at radius 2 is 1.87 bits per heavy atom. The molecule has 23 heavy (non-hydrogen) atoms. The number of likely N-dealkylation sites (N-methyl/N-ethyl adjacent to an activating group) is 1. The predicted molar refractivity (Wildman–Crippen MR) is 90.6 cm³/mol. The van der Waals surface area contributed by atoms with Crippen LogP contribution in [0.15, 0.2) is 48.8 Å². The first-order valence-electron chi connectivity index (χ1n) is 7.83. The maximum Gasteiger partial charge on any atom is 0.254 e. The number of aromatic nitrogens is 1.